The lowest BCUT2D eigenvalue weighted by molar-refractivity contribution is 0.0995. The van der Waals surface area contributed by atoms with Crippen molar-refractivity contribution in [1.29, 1.82) is 0 Å². The summed E-state index contributed by atoms with van der Waals surface area (Å²) >= 11 is 0. The average molecular weight is 239 g/mol. The molecule has 1 saturated carbocycles. The van der Waals surface area contributed by atoms with Crippen LogP contribution < -0.4 is 11.1 Å². The van der Waals surface area contributed by atoms with Gasteiger partial charge < -0.3 is 11.1 Å². The van der Waals surface area contributed by atoms with Crippen LogP contribution in [0.5, 0.6) is 0 Å². The smallest absolute Gasteiger partial charge is 0.189 e. The first-order valence-corrected chi connectivity index (χ1v) is 6.69. The normalized spacial score (nSPS) is 25.0. The van der Waals surface area contributed by atoms with E-state index in [1.54, 1.807) is 0 Å². The molecule has 0 bridgehead atoms. The molecule has 0 saturated heterocycles. The van der Waals surface area contributed by atoms with E-state index < -0.39 is 0 Å². The summed E-state index contributed by atoms with van der Waals surface area (Å²) in [5, 5.41) is 3.17. The molecule has 0 heterocycles. The summed E-state index contributed by atoms with van der Waals surface area (Å²) in [4.78, 5) is 4.65. The Balaban J connectivity index is 2.71. The van der Waals surface area contributed by atoms with Crippen molar-refractivity contribution < 1.29 is 0 Å². The molecule has 0 aliphatic heterocycles. The third-order valence-corrected chi connectivity index (χ3v) is 3.29. The van der Waals surface area contributed by atoms with Gasteiger partial charge in [0.15, 0.2) is 5.96 Å². The van der Waals surface area contributed by atoms with Gasteiger partial charge in [-0.2, -0.15) is 0 Å². The molecule has 1 fully saturated rings. The predicted molar refractivity (Wildman–Crippen MR) is 75.1 cm³/mol. The van der Waals surface area contributed by atoms with Crippen LogP contribution in [0.3, 0.4) is 0 Å². The molecular formula is C14H29N3. The van der Waals surface area contributed by atoms with Gasteiger partial charge in [-0.25, -0.2) is 0 Å². The number of aliphatic imine (C=N–C) groups is 1. The van der Waals surface area contributed by atoms with Crippen molar-refractivity contribution in [2.75, 3.05) is 0 Å². The molecule has 100 valence electrons. The van der Waals surface area contributed by atoms with E-state index in [4.69, 9.17) is 5.73 Å². The second kappa shape index (κ2) is 4.87. The average Bonchev–Trinajstić information content (AvgIpc) is 1.93. The van der Waals surface area contributed by atoms with Gasteiger partial charge in [0.05, 0.1) is 6.04 Å². The van der Waals surface area contributed by atoms with Gasteiger partial charge in [0.1, 0.15) is 0 Å². The minimum absolute atomic E-state index is 0.350. The molecule has 17 heavy (non-hydrogen) atoms. The fourth-order valence-electron chi connectivity index (χ4n) is 3.41. The first-order chi connectivity index (χ1) is 7.60. The van der Waals surface area contributed by atoms with Gasteiger partial charge >= 0.3 is 0 Å². The zero-order chi connectivity index (χ0) is 13.3. The molecular weight excluding hydrogens is 210 g/mol. The van der Waals surface area contributed by atoms with Crippen molar-refractivity contribution in [3.63, 3.8) is 0 Å². The lowest BCUT2D eigenvalue weighted by Crippen LogP contribution is -2.41. The Hall–Kier alpha value is -0.730. The van der Waals surface area contributed by atoms with Crippen LogP contribution in [0.1, 0.15) is 60.8 Å². The Morgan fingerprint density at radius 1 is 1.18 bits per heavy atom. The molecule has 1 aliphatic carbocycles. The zero-order valence-electron chi connectivity index (χ0n) is 12.3. The van der Waals surface area contributed by atoms with Gasteiger partial charge in [0, 0.05) is 6.04 Å². The highest BCUT2D eigenvalue weighted by molar-refractivity contribution is 5.78. The third kappa shape index (κ3) is 4.97. The lowest BCUT2D eigenvalue weighted by Gasteiger charge is -2.43. The molecule has 0 radical (unpaired) electrons. The number of rotatable bonds is 2. The standard InChI is InChI=1S/C14H29N3/c1-10(2)16-12(15)17-11-7-13(3,4)9-14(5,6)8-11/h10-11H,7-9H2,1-6H3,(H3,15,16,17). The van der Waals surface area contributed by atoms with Crippen LogP contribution in [0.4, 0.5) is 0 Å². The highest BCUT2D eigenvalue weighted by Crippen LogP contribution is 2.46. The maximum atomic E-state index is 5.92. The summed E-state index contributed by atoms with van der Waals surface area (Å²) in [5.41, 5.74) is 6.66. The van der Waals surface area contributed by atoms with Gasteiger partial charge in [0.25, 0.3) is 0 Å². The number of nitrogens with zero attached hydrogens (tertiary/aromatic N) is 1. The van der Waals surface area contributed by atoms with Crippen LogP contribution in [0.2, 0.25) is 0 Å². The minimum atomic E-state index is 0.350. The van der Waals surface area contributed by atoms with Crippen LogP contribution in [0, 0.1) is 10.8 Å². The molecule has 1 aliphatic rings. The first-order valence-electron chi connectivity index (χ1n) is 6.69. The van der Waals surface area contributed by atoms with Crippen molar-refractivity contribution in [2.24, 2.45) is 21.6 Å². The Bertz CT molecular complexity index is 274. The molecule has 3 N–H and O–H groups in total. The highest BCUT2D eigenvalue weighted by atomic mass is 15.1. The zero-order valence-corrected chi connectivity index (χ0v) is 12.3. The number of hydrogen-bond acceptors (Lipinski definition) is 1. The highest BCUT2D eigenvalue weighted by Gasteiger charge is 2.38. The number of guanidine groups is 1. The van der Waals surface area contributed by atoms with Crippen molar-refractivity contribution in [1.82, 2.24) is 5.32 Å². The van der Waals surface area contributed by atoms with Crippen LogP contribution in [0.25, 0.3) is 0 Å². The van der Waals surface area contributed by atoms with E-state index in [1.165, 1.54) is 6.42 Å². The fraction of sp³-hybridized carbons (Fsp3) is 0.929. The Morgan fingerprint density at radius 2 is 1.65 bits per heavy atom. The number of nitrogens with two attached hydrogens (primary N) is 1. The Morgan fingerprint density at radius 3 is 2.06 bits per heavy atom. The fourth-order valence-corrected chi connectivity index (χ4v) is 3.41. The van der Waals surface area contributed by atoms with E-state index in [0.717, 1.165) is 12.8 Å². The summed E-state index contributed by atoms with van der Waals surface area (Å²) in [7, 11) is 0. The first kappa shape index (κ1) is 14.3. The largest absolute Gasteiger partial charge is 0.370 e. The third-order valence-electron chi connectivity index (χ3n) is 3.29. The lowest BCUT2D eigenvalue weighted by atomic mass is 9.64. The maximum absolute atomic E-state index is 5.92. The van der Waals surface area contributed by atoms with E-state index in [0.29, 0.717) is 28.9 Å². The topological polar surface area (TPSA) is 50.4 Å². The molecule has 0 spiro atoms. The van der Waals surface area contributed by atoms with Gasteiger partial charge in [-0.3, -0.25) is 4.99 Å². The van der Waals surface area contributed by atoms with E-state index in [1.807, 2.05) is 0 Å². The molecule has 0 amide bonds. The summed E-state index contributed by atoms with van der Waals surface area (Å²) < 4.78 is 0. The molecule has 1 rings (SSSR count). The molecule has 3 heteroatoms. The molecule has 0 aromatic rings. The van der Waals surface area contributed by atoms with Crippen LogP contribution in [-0.4, -0.2) is 18.0 Å². The van der Waals surface area contributed by atoms with Gasteiger partial charge in [-0.1, -0.05) is 27.7 Å². The number of nitrogens with one attached hydrogen (secondary N) is 1. The monoisotopic (exact) mass is 239 g/mol. The summed E-state index contributed by atoms with van der Waals surface area (Å²) in [5.74, 6) is 0.596. The Kier molecular flexibility index (Phi) is 4.11. The SMILES string of the molecule is CC(C)NC(N)=NC1CC(C)(C)CC(C)(C)C1. The molecule has 0 aromatic carbocycles. The van der Waals surface area contributed by atoms with Gasteiger partial charge in [-0.15, -0.1) is 0 Å². The summed E-state index contributed by atoms with van der Waals surface area (Å²) in [6, 6.07) is 0.711. The summed E-state index contributed by atoms with van der Waals surface area (Å²) in [6.45, 7) is 13.5. The van der Waals surface area contributed by atoms with Gasteiger partial charge in [-0.05, 0) is 43.9 Å². The second-order valence-corrected chi connectivity index (χ2v) is 7.38. The number of hydrogen-bond donors (Lipinski definition) is 2. The van der Waals surface area contributed by atoms with E-state index in [-0.39, 0.29) is 0 Å². The van der Waals surface area contributed by atoms with Crippen LogP contribution >= 0.6 is 0 Å². The van der Waals surface area contributed by atoms with Crippen molar-refractivity contribution in [3.8, 4) is 0 Å². The van der Waals surface area contributed by atoms with E-state index in [2.05, 4.69) is 51.9 Å². The van der Waals surface area contributed by atoms with Crippen molar-refractivity contribution >= 4 is 5.96 Å². The molecule has 0 atom stereocenters. The molecule has 3 nitrogen and oxygen atoms in total. The van der Waals surface area contributed by atoms with Crippen molar-refractivity contribution in [3.05, 3.63) is 0 Å². The van der Waals surface area contributed by atoms with Crippen LogP contribution in [-0.2, 0) is 0 Å². The second-order valence-electron chi connectivity index (χ2n) is 7.38. The predicted octanol–water partition coefficient (Wildman–Crippen LogP) is 2.90. The quantitative estimate of drug-likeness (QED) is 0.575. The van der Waals surface area contributed by atoms with E-state index in [9.17, 15) is 0 Å². The van der Waals surface area contributed by atoms with Crippen LogP contribution in [0.15, 0.2) is 4.99 Å². The maximum Gasteiger partial charge on any atom is 0.189 e. The summed E-state index contributed by atoms with van der Waals surface area (Å²) in [6.07, 6.45) is 3.54. The minimum Gasteiger partial charge on any atom is -0.370 e. The molecule has 0 aromatic heterocycles. The Labute approximate surface area is 106 Å². The van der Waals surface area contributed by atoms with Gasteiger partial charge in [0.2, 0.25) is 0 Å². The molecule has 0 unspecified atom stereocenters. The van der Waals surface area contributed by atoms with E-state index >= 15 is 0 Å². The van der Waals surface area contributed by atoms with Crippen molar-refractivity contribution in [2.45, 2.75) is 72.9 Å².